The highest BCUT2D eigenvalue weighted by Gasteiger charge is 2.33. The molecule has 0 aliphatic heterocycles. The lowest BCUT2D eigenvalue weighted by Gasteiger charge is -2.29. The van der Waals surface area contributed by atoms with Gasteiger partial charge in [-0.05, 0) is 26.7 Å². The standard InChI is InChI=1S/C22H27NO.ClH/c1-4-23(5-2)19-13-18-22(24-6-3,20-14-9-7-10-15-20)21-16-11-8-12-17-21;/h7-12,14-17H,4-6,19H2,1-3H3;1H. The van der Waals surface area contributed by atoms with Crippen molar-refractivity contribution in [1.29, 1.82) is 0 Å². The van der Waals surface area contributed by atoms with Gasteiger partial charge in [0.2, 0.25) is 0 Å². The van der Waals surface area contributed by atoms with Gasteiger partial charge in [0, 0.05) is 17.7 Å². The Morgan fingerprint density at radius 2 is 1.32 bits per heavy atom. The van der Waals surface area contributed by atoms with Crippen LogP contribution in [0.4, 0.5) is 0 Å². The third-order valence-corrected chi connectivity index (χ3v) is 4.32. The average Bonchev–Trinajstić information content (AvgIpc) is 2.66. The normalized spacial score (nSPS) is 10.7. The Morgan fingerprint density at radius 3 is 1.72 bits per heavy atom. The number of quaternary nitrogens is 1. The zero-order chi connectivity index (χ0) is 17.3. The van der Waals surface area contributed by atoms with Crippen LogP contribution in [0.25, 0.3) is 0 Å². The summed E-state index contributed by atoms with van der Waals surface area (Å²) in [5.41, 5.74) is 1.46. The van der Waals surface area contributed by atoms with E-state index in [1.165, 1.54) is 4.90 Å². The van der Waals surface area contributed by atoms with Crippen molar-refractivity contribution in [2.24, 2.45) is 0 Å². The minimum atomic E-state index is -0.705. The molecule has 0 saturated carbocycles. The number of hydrogen-bond donors (Lipinski definition) is 1. The molecule has 1 N–H and O–H groups in total. The summed E-state index contributed by atoms with van der Waals surface area (Å²) in [7, 11) is 0. The molecule has 2 aromatic rings. The van der Waals surface area contributed by atoms with Gasteiger partial charge in [0.15, 0.2) is 5.60 Å². The molecule has 2 rings (SSSR count). The third kappa shape index (κ3) is 5.34. The number of rotatable bonds is 7. The SMILES string of the molecule is CCOC(C#CC[NH+](CC)CC)(c1ccccc1)c1ccccc1.[Cl-]. The smallest absolute Gasteiger partial charge is 0.179 e. The van der Waals surface area contributed by atoms with Crippen LogP contribution in [0, 0.1) is 11.8 Å². The molecule has 3 heteroatoms. The first-order chi connectivity index (χ1) is 11.8. The maximum absolute atomic E-state index is 6.27. The molecule has 0 amide bonds. The van der Waals surface area contributed by atoms with E-state index in [4.69, 9.17) is 4.74 Å². The maximum Gasteiger partial charge on any atom is 0.179 e. The molecule has 2 nitrogen and oxygen atoms in total. The van der Waals surface area contributed by atoms with Crippen LogP contribution in [0.3, 0.4) is 0 Å². The van der Waals surface area contributed by atoms with Gasteiger partial charge in [-0.2, -0.15) is 0 Å². The summed E-state index contributed by atoms with van der Waals surface area (Å²) in [6, 6.07) is 20.6. The summed E-state index contributed by atoms with van der Waals surface area (Å²) in [5, 5.41) is 0. The number of halogens is 1. The fourth-order valence-electron chi connectivity index (χ4n) is 2.87. The Kier molecular flexibility index (Phi) is 9.31. The van der Waals surface area contributed by atoms with E-state index >= 15 is 0 Å². The second-order valence-electron chi connectivity index (χ2n) is 5.78. The lowest BCUT2D eigenvalue weighted by Crippen LogP contribution is -3.11. The molecule has 0 saturated heterocycles. The quantitative estimate of drug-likeness (QED) is 0.683. The van der Waals surface area contributed by atoms with Gasteiger partial charge in [0.05, 0.1) is 13.1 Å². The number of benzene rings is 2. The summed E-state index contributed by atoms with van der Waals surface area (Å²) in [4.78, 5) is 1.48. The lowest BCUT2D eigenvalue weighted by molar-refractivity contribution is -0.889. The van der Waals surface area contributed by atoms with Crippen LogP contribution in [0.15, 0.2) is 60.7 Å². The highest BCUT2D eigenvalue weighted by atomic mass is 35.5. The van der Waals surface area contributed by atoms with Gasteiger partial charge in [-0.1, -0.05) is 66.6 Å². The molecule has 0 aliphatic carbocycles. The van der Waals surface area contributed by atoms with Gasteiger partial charge in [-0.25, -0.2) is 0 Å². The van der Waals surface area contributed by atoms with Crippen molar-refractivity contribution in [3.8, 4) is 11.8 Å². The Balaban J connectivity index is 0.00000312. The van der Waals surface area contributed by atoms with Crippen LogP contribution in [0.2, 0.25) is 0 Å². The summed E-state index contributed by atoms with van der Waals surface area (Å²) < 4.78 is 6.27. The van der Waals surface area contributed by atoms with E-state index in [9.17, 15) is 0 Å². The number of hydrogen-bond acceptors (Lipinski definition) is 1. The average molecular weight is 358 g/mol. The highest BCUT2D eigenvalue weighted by Crippen LogP contribution is 2.33. The van der Waals surface area contributed by atoms with E-state index in [0.29, 0.717) is 6.61 Å². The van der Waals surface area contributed by atoms with Gasteiger partial charge in [0.1, 0.15) is 6.54 Å². The summed E-state index contributed by atoms with van der Waals surface area (Å²) in [5.74, 6) is 6.87. The first kappa shape index (κ1) is 21.3. The topological polar surface area (TPSA) is 13.7 Å². The summed E-state index contributed by atoms with van der Waals surface area (Å²) in [6.07, 6.45) is 0. The predicted molar refractivity (Wildman–Crippen MR) is 100.0 cm³/mol. The van der Waals surface area contributed by atoms with E-state index in [0.717, 1.165) is 30.8 Å². The van der Waals surface area contributed by atoms with Crippen molar-refractivity contribution < 1.29 is 22.0 Å². The number of nitrogens with one attached hydrogen (secondary N) is 1. The lowest BCUT2D eigenvalue weighted by atomic mass is 9.86. The molecule has 134 valence electrons. The van der Waals surface area contributed by atoms with Gasteiger partial charge in [0.25, 0.3) is 0 Å². The second kappa shape index (κ2) is 10.9. The largest absolute Gasteiger partial charge is 1.00 e. The Bertz CT molecular complexity index is 617. The molecular formula is C22H28ClNO. The third-order valence-electron chi connectivity index (χ3n) is 4.32. The first-order valence-electron chi connectivity index (χ1n) is 8.85. The zero-order valence-corrected chi connectivity index (χ0v) is 16.1. The van der Waals surface area contributed by atoms with E-state index in [1.54, 1.807) is 0 Å². The molecule has 0 aromatic heterocycles. The highest BCUT2D eigenvalue weighted by molar-refractivity contribution is 5.45. The molecule has 0 bridgehead atoms. The first-order valence-corrected chi connectivity index (χ1v) is 8.85. The molecule has 0 spiro atoms. The molecule has 0 heterocycles. The summed E-state index contributed by atoms with van der Waals surface area (Å²) >= 11 is 0. The van der Waals surface area contributed by atoms with Crippen molar-refractivity contribution in [2.45, 2.75) is 26.4 Å². The van der Waals surface area contributed by atoms with Crippen LogP contribution >= 0.6 is 0 Å². The van der Waals surface area contributed by atoms with Crippen molar-refractivity contribution >= 4 is 0 Å². The molecule has 0 unspecified atom stereocenters. The van der Waals surface area contributed by atoms with E-state index in [-0.39, 0.29) is 12.4 Å². The van der Waals surface area contributed by atoms with Crippen molar-refractivity contribution in [3.05, 3.63) is 71.8 Å². The van der Waals surface area contributed by atoms with Gasteiger partial charge >= 0.3 is 0 Å². The maximum atomic E-state index is 6.27. The Morgan fingerprint density at radius 1 is 0.840 bits per heavy atom. The van der Waals surface area contributed by atoms with E-state index < -0.39 is 5.60 Å². The zero-order valence-electron chi connectivity index (χ0n) is 15.4. The van der Waals surface area contributed by atoms with Gasteiger partial charge < -0.3 is 22.0 Å². The number of ether oxygens (including phenoxy) is 1. The van der Waals surface area contributed by atoms with Crippen molar-refractivity contribution in [2.75, 3.05) is 26.2 Å². The minimum Gasteiger partial charge on any atom is -1.00 e. The van der Waals surface area contributed by atoms with Gasteiger partial charge in [-0.15, -0.1) is 0 Å². The molecule has 2 aromatic carbocycles. The van der Waals surface area contributed by atoms with Crippen molar-refractivity contribution in [1.82, 2.24) is 0 Å². The van der Waals surface area contributed by atoms with Gasteiger partial charge in [-0.3, -0.25) is 0 Å². The molecular weight excluding hydrogens is 330 g/mol. The predicted octanol–water partition coefficient (Wildman–Crippen LogP) is -0.101. The van der Waals surface area contributed by atoms with Crippen molar-refractivity contribution in [3.63, 3.8) is 0 Å². The van der Waals surface area contributed by atoms with E-state index in [1.807, 2.05) is 43.3 Å². The monoisotopic (exact) mass is 357 g/mol. The molecule has 0 radical (unpaired) electrons. The fourth-order valence-corrected chi connectivity index (χ4v) is 2.87. The second-order valence-corrected chi connectivity index (χ2v) is 5.78. The Labute approximate surface area is 158 Å². The fraction of sp³-hybridized carbons (Fsp3) is 0.364. The van der Waals surface area contributed by atoms with Crippen LogP contribution in [0.1, 0.15) is 31.9 Å². The van der Waals surface area contributed by atoms with Crippen LogP contribution in [-0.4, -0.2) is 26.2 Å². The molecule has 0 fully saturated rings. The van der Waals surface area contributed by atoms with Crippen LogP contribution < -0.4 is 17.3 Å². The minimum absolute atomic E-state index is 0. The summed E-state index contributed by atoms with van der Waals surface area (Å²) in [6.45, 7) is 10.0. The Hall–Kier alpha value is -1.79. The van der Waals surface area contributed by atoms with Crippen LogP contribution in [-0.2, 0) is 10.3 Å². The van der Waals surface area contributed by atoms with Crippen LogP contribution in [0.5, 0.6) is 0 Å². The molecule has 0 atom stereocenters. The molecule has 25 heavy (non-hydrogen) atoms. The molecule has 0 aliphatic rings. The van der Waals surface area contributed by atoms with E-state index in [2.05, 4.69) is 50.0 Å².